The summed E-state index contributed by atoms with van der Waals surface area (Å²) in [6.07, 6.45) is 1.66. The Kier molecular flexibility index (Phi) is 3.74. The van der Waals surface area contributed by atoms with Crippen LogP contribution < -0.4 is 0 Å². The number of hydrogen-bond donors (Lipinski definition) is 2. The summed E-state index contributed by atoms with van der Waals surface area (Å²) >= 11 is 0. The zero-order valence-electron chi connectivity index (χ0n) is 17.1. The molecule has 6 aromatic rings. The van der Waals surface area contributed by atoms with Crippen LogP contribution in [0.1, 0.15) is 11.6 Å². The van der Waals surface area contributed by atoms with E-state index in [0.717, 1.165) is 50.0 Å². The van der Waals surface area contributed by atoms with E-state index in [1.807, 2.05) is 19.9 Å². The number of imidazole rings is 2. The van der Waals surface area contributed by atoms with Crippen LogP contribution in [0.15, 0.2) is 66.9 Å². The first kappa shape index (κ1) is 17.8. The minimum Gasteiger partial charge on any atom is -0.342 e. The molecule has 0 saturated heterocycles. The Balaban J connectivity index is 1.47. The molecule has 0 spiro atoms. The van der Waals surface area contributed by atoms with Crippen LogP contribution in [0.2, 0.25) is 0 Å². The van der Waals surface area contributed by atoms with Gasteiger partial charge in [-0.15, -0.1) is 0 Å². The van der Waals surface area contributed by atoms with Gasteiger partial charge in [-0.25, -0.2) is 14.4 Å². The van der Waals surface area contributed by atoms with E-state index >= 15 is 0 Å². The van der Waals surface area contributed by atoms with Crippen LogP contribution in [0.25, 0.3) is 55.0 Å². The van der Waals surface area contributed by atoms with Crippen molar-refractivity contribution < 1.29 is 4.39 Å². The van der Waals surface area contributed by atoms with E-state index in [-0.39, 0.29) is 5.82 Å². The number of H-pyrrole nitrogens is 2. The first-order chi connectivity index (χ1) is 15.1. The normalized spacial score (nSPS) is 11.7. The lowest BCUT2D eigenvalue weighted by atomic mass is 9.96. The Morgan fingerprint density at radius 3 is 2.32 bits per heavy atom. The Bertz CT molecular complexity index is 1620. The third kappa shape index (κ3) is 2.81. The maximum Gasteiger partial charge on any atom is 0.133 e. The summed E-state index contributed by atoms with van der Waals surface area (Å²) in [4.78, 5) is 15.2. The maximum atomic E-state index is 14.8. The van der Waals surface area contributed by atoms with Crippen molar-refractivity contribution in [3.63, 3.8) is 0 Å². The molecule has 2 N–H and O–H groups in total. The molecule has 0 bridgehead atoms. The number of nitrogens with zero attached hydrogens (tertiary/aromatic N) is 2. The third-order valence-electron chi connectivity index (χ3n) is 5.88. The van der Waals surface area contributed by atoms with Gasteiger partial charge >= 0.3 is 0 Å². The van der Waals surface area contributed by atoms with Gasteiger partial charge in [0.2, 0.25) is 0 Å². The van der Waals surface area contributed by atoms with E-state index < -0.39 is 0 Å². The highest BCUT2D eigenvalue weighted by atomic mass is 19.1. The average molecular weight is 406 g/mol. The molecule has 0 aliphatic rings. The molecule has 0 aliphatic heterocycles. The van der Waals surface area contributed by atoms with Gasteiger partial charge in [0, 0.05) is 10.9 Å². The fourth-order valence-electron chi connectivity index (χ4n) is 4.39. The number of fused-ring (bicyclic) bond motifs is 5. The average Bonchev–Trinajstić information content (AvgIpc) is 3.37. The van der Waals surface area contributed by atoms with Crippen molar-refractivity contribution in [1.29, 1.82) is 0 Å². The third-order valence-corrected chi connectivity index (χ3v) is 5.88. The topological polar surface area (TPSA) is 57.4 Å². The summed E-state index contributed by atoms with van der Waals surface area (Å²) in [5, 5.41) is 4.57. The Hall–Kier alpha value is -3.99. The van der Waals surface area contributed by atoms with Gasteiger partial charge in [0.1, 0.15) is 17.5 Å². The van der Waals surface area contributed by atoms with Gasteiger partial charge in [0.05, 0.1) is 22.9 Å². The van der Waals surface area contributed by atoms with Crippen LogP contribution in [0.4, 0.5) is 4.39 Å². The highest BCUT2D eigenvalue weighted by Crippen LogP contribution is 2.34. The molecule has 0 unspecified atom stereocenters. The molecular formula is C26H19FN4. The summed E-state index contributed by atoms with van der Waals surface area (Å²) in [7, 11) is 0. The van der Waals surface area contributed by atoms with Gasteiger partial charge in [-0.2, -0.15) is 0 Å². The van der Waals surface area contributed by atoms with E-state index in [1.54, 1.807) is 18.3 Å². The predicted octanol–water partition coefficient (Wildman–Crippen LogP) is 6.68. The number of aromatic nitrogens is 4. The van der Waals surface area contributed by atoms with Crippen molar-refractivity contribution in [2.45, 2.75) is 13.8 Å². The van der Waals surface area contributed by atoms with Crippen LogP contribution in [-0.2, 0) is 0 Å². The number of nitrogens with one attached hydrogen (secondary N) is 2. The van der Waals surface area contributed by atoms with E-state index in [1.165, 1.54) is 5.39 Å². The van der Waals surface area contributed by atoms with Crippen LogP contribution in [-0.4, -0.2) is 19.9 Å². The van der Waals surface area contributed by atoms with Gasteiger partial charge in [-0.1, -0.05) is 36.4 Å². The molecule has 5 heteroatoms. The van der Waals surface area contributed by atoms with Crippen molar-refractivity contribution in [3.8, 4) is 22.4 Å². The number of halogens is 1. The minimum absolute atomic E-state index is 0.268. The summed E-state index contributed by atoms with van der Waals surface area (Å²) in [5.41, 5.74) is 5.07. The largest absolute Gasteiger partial charge is 0.342 e. The molecule has 2 aromatic heterocycles. The van der Waals surface area contributed by atoms with Gasteiger partial charge in [-0.3, -0.25) is 0 Å². The van der Waals surface area contributed by atoms with Crippen molar-refractivity contribution >= 4 is 32.6 Å². The molecule has 2 heterocycles. The van der Waals surface area contributed by atoms with Crippen LogP contribution in [0.5, 0.6) is 0 Å². The number of hydrogen-bond acceptors (Lipinski definition) is 2. The second-order valence-corrected chi connectivity index (χ2v) is 7.96. The summed E-state index contributed by atoms with van der Waals surface area (Å²) in [5.74, 6) is 1.41. The van der Waals surface area contributed by atoms with Crippen molar-refractivity contribution in [2.75, 3.05) is 0 Å². The van der Waals surface area contributed by atoms with E-state index in [4.69, 9.17) is 0 Å². The Morgan fingerprint density at radius 2 is 1.52 bits per heavy atom. The number of aryl methyl sites for hydroxylation is 2. The molecule has 4 aromatic carbocycles. The molecule has 0 aliphatic carbocycles. The molecule has 150 valence electrons. The number of rotatable bonds is 2. The van der Waals surface area contributed by atoms with Gasteiger partial charge < -0.3 is 9.97 Å². The molecule has 0 radical (unpaired) electrons. The fraction of sp³-hybridized carbons (Fsp3) is 0.0769. The first-order valence-corrected chi connectivity index (χ1v) is 10.2. The molecule has 0 atom stereocenters. The molecule has 31 heavy (non-hydrogen) atoms. The molecular weight excluding hydrogens is 387 g/mol. The molecule has 6 rings (SSSR count). The van der Waals surface area contributed by atoms with Gasteiger partial charge in [0.25, 0.3) is 0 Å². The van der Waals surface area contributed by atoms with E-state index in [9.17, 15) is 4.39 Å². The summed E-state index contributed by atoms with van der Waals surface area (Å²) < 4.78 is 14.8. The quantitative estimate of drug-likeness (QED) is 0.315. The molecule has 0 amide bonds. The van der Waals surface area contributed by atoms with Crippen molar-refractivity contribution in [1.82, 2.24) is 19.9 Å². The minimum atomic E-state index is -0.268. The number of aromatic amines is 2. The molecule has 4 nitrogen and oxygen atoms in total. The van der Waals surface area contributed by atoms with E-state index in [2.05, 4.69) is 62.4 Å². The second kappa shape index (κ2) is 6.51. The fourth-order valence-corrected chi connectivity index (χ4v) is 4.39. The lowest BCUT2D eigenvalue weighted by Gasteiger charge is -2.09. The standard InChI is InChI=1S/C26H19FN4/c1-14-28-13-25(29-14)22-8-4-17(12-23(22)27)16-3-6-19-18(11-16)5-7-21-20(19)9-10-24-26(21)31-15(2)30-24/h3-13H,1-2H3,(H,28,29)(H,30,31). The molecule has 0 fully saturated rings. The van der Waals surface area contributed by atoms with Crippen LogP contribution >= 0.6 is 0 Å². The second-order valence-electron chi connectivity index (χ2n) is 7.96. The van der Waals surface area contributed by atoms with Crippen LogP contribution in [0, 0.1) is 19.7 Å². The summed E-state index contributed by atoms with van der Waals surface area (Å²) in [6.45, 7) is 3.82. The van der Waals surface area contributed by atoms with E-state index in [0.29, 0.717) is 11.3 Å². The summed E-state index contributed by atoms with van der Waals surface area (Å²) in [6, 6.07) is 20.1. The SMILES string of the molecule is Cc1ncc(-c2ccc(-c3ccc4c(ccc5c4ccc4[nH]c(C)nc45)c3)cc2F)[nH]1. The van der Waals surface area contributed by atoms with Gasteiger partial charge in [0.15, 0.2) is 0 Å². The smallest absolute Gasteiger partial charge is 0.133 e. The molecule has 0 saturated carbocycles. The van der Waals surface area contributed by atoms with Gasteiger partial charge in [-0.05, 0) is 65.4 Å². The van der Waals surface area contributed by atoms with Crippen molar-refractivity contribution in [3.05, 3.63) is 84.3 Å². The lowest BCUT2D eigenvalue weighted by molar-refractivity contribution is 0.631. The predicted molar refractivity (Wildman–Crippen MR) is 124 cm³/mol. The highest BCUT2D eigenvalue weighted by molar-refractivity contribution is 6.16. The monoisotopic (exact) mass is 406 g/mol. The zero-order chi connectivity index (χ0) is 21.1. The first-order valence-electron chi connectivity index (χ1n) is 10.2. The Morgan fingerprint density at radius 1 is 0.742 bits per heavy atom. The lowest BCUT2D eigenvalue weighted by Crippen LogP contribution is -1.88. The van der Waals surface area contributed by atoms with Crippen molar-refractivity contribution in [2.24, 2.45) is 0 Å². The Labute approximate surface area is 177 Å². The zero-order valence-corrected chi connectivity index (χ0v) is 17.1. The number of benzene rings is 4. The maximum absolute atomic E-state index is 14.8. The van der Waals surface area contributed by atoms with Crippen LogP contribution in [0.3, 0.4) is 0 Å². The highest BCUT2D eigenvalue weighted by Gasteiger charge is 2.11.